The summed E-state index contributed by atoms with van der Waals surface area (Å²) in [4.78, 5) is 11.4. The summed E-state index contributed by atoms with van der Waals surface area (Å²) in [6.07, 6.45) is 0.738. The van der Waals surface area contributed by atoms with Gasteiger partial charge in [-0.15, -0.1) is 0 Å². The van der Waals surface area contributed by atoms with Crippen LogP contribution < -0.4 is 5.32 Å². The summed E-state index contributed by atoms with van der Waals surface area (Å²) < 4.78 is 17.8. The largest absolute Gasteiger partial charge is 0.468 e. The van der Waals surface area contributed by atoms with E-state index >= 15 is 0 Å². The molecule has 0 unspecified atom stereocenters. The third-order valence-corrected chi connectivity index (χ3v) is 2.90. The first kappa shape index (κ1) is 14.6. The van der Waals surface area contributed by atoms with Gasteiger partial charge in [-0.3, -0.25) is 4.79 Å². The summed E-state index contributed by atoms with van der Waals surface area (Å²) >= 11 is 0. The van der Waals surface area contributed by atoms with Crippen LogP contribution in [0.1, 0.15) is 25.0 Å². The van der Waals surface area contributed by atoms with Crippen molar-refractivity contribution in [2.45, 2.75) is 32.7 Å². The van der Waals surface area contributed by atoms with E-state index in [1.165, 1.54) is 13.2 Å². The lowest BCUT2D eigenvalue weighted by Crippen LogP contribution is -2.48. The van der Waals surface area contributed by atoms with Gasteiger partial charge < -0.3 is 10.1 Å². The van der Waals surface area contributed by atoms with E-state index in [9.17, 15) is 9.18 Å². The first-order valence-electron chi connectivity index (χ1n) is 5.95. The van der Waals surface area contributed by atoms with Gasteiger partial charge in [-0.05, 0) is 44.4 Å². The quantitative estimate of drug-likeness (QED) is 0.818. The second-order valence-corrected chi connectivity index (χ2v) is 4.88. The van der Waals surface area contributed by atoms with E-state index in [1.807, 2.05) is 6.07 Å². The van der Waals surface area contributed by atoms with E-state index in [0.29, 0.717) is 12.1 Å². The molecule has 0 heterocycles. The van der Waals surface area contributed by atoms with Crippen molar-refractivity contribution < 1.29 is 13.9 Å². The Morgan fingerprint density at radius 1 is 1.44 bits per heavy atom. The minimum absolute atomic E-state index is 0.193. The lowest BCUT2D eigenvalue weighted by atomic mass is 10.0. The van der Waals surface area contributed by atoms with Crippen LogP contribution in [0.3, 0.4) is 0 Å². The summed E-state index contributed by atoms with van der Waals surface area (Å²) in [5, 5.41) is 3.12. The van der Waals surface area contributed by atoms with Crippen molar-refractivity contribution in [2.75, 3.05) is 13.7 Å². The molecule has 0 saturated carbocycles. The number of esters is 1. The van der Waals surface area contributed by atoms with Gasteiger partial charge in [-0.1, -0.05) is 12.1 Å². The number of benzene rings is 1. The molecular formula is C14H20FNO2. The Kier molecular flexibility index (Phi) is 4.84. The number of hydrogen-bond acceptors (Lipinski definition) is 3. The van der Waals surface area contributed by atoms with Gasteiger partial charge in [0.1, 0.15) is 11.4 Å². The molecule has 3 nitrogen and oxygen atoms in total. The standard InChI is InChI=1S/C14H20FNO2/c1-10-9-11(5-6-12(10)15)7-8-16-14(2,3)13(17)18-4/h5-6,9,16H,7-8H2,1-4H3. The average molecular weight is 253 g/mol. The predicted molar refractivity (Wildman–Crippen MR) is 68.9 cm³/mol. The summed E-state index contributed by atoms with van der Waals surface area (Å²) in [5.74, 6) is -0.487. The maximum absolute atomic E-state index is 13.1. The number of hydrogen-bond donors (Lipinski definition) is 1. The van der Waals surface area contributed by atoms with Crippen LogP contribution >= 0.6 is 0 Å². The smallest absolute Gasteiger partial charge is 0.325 e. The number of ether oxygens (including phenoxy) is 1. The Balaban J connectivity index is 2.51. The van der Waals surface area contributed by atoms with Crippen molar-refractivity contribution >= 4 is 5.97 Å². The summed E-state index contributed by atoms with van der Waals surface area (Å²) in [6, 6.07) is 5.05. The fourth-order valence-electron chi connectivity index (χ4n) is 1.71. The first-order chi connectivity index (χ1) is 8.36. The predicted octanol–water partition coefficient (Wildman–Crippen LogP) is 2.22. The summed E-state index contributed by atoms with van der Waals surface area (Å²) in [7, 11) is 1.37. The Morgan fingerprint density at radius 2 is 2.11 bits per heavy atom. The molecule has 0 aliphatic rings. The zero-order valence-corrected chi connectivity index (χ0v) is 11.3. The van der Waals surface area contributed by atoms with Crippen LogP contribution in [-0.4, -0.2) is 25.2 Å². The van der Waals surface area contributed by atoms with Gasteiger partial charge in [0.25, 0.3) is 0 Å². The van der Waals surface area contributed by atoms with E-state index in [4.69, 9.17) is 4.74 Å². The van der Waals surface area contributed by atoms with Crippen molar-refractivity contribution in [1.82, 2.24) is 5.32 Å². The van der Waals surface area contributed by atoms with Crippen LogP contribution in [0, 0.1) is 12.7 Å². The van der Waals surface area contributed by atoms with E-state index < -0.39 is 5.54 Å². The summed E-state index contributed by atoms with van der Waals surface area (Å²) in [6.45, 7) is 5.92. The monoisotopic (exact) mass is 253 g/mol. The van der Waals surface area contributed by atoms with E-state index in [1.54, 1.807) is 26.8 Å². The molecule has 0 aliphatic carbocycles. The average Bonchev–Trinajstić information content (AvgIpc) is 2.32. The zero-order chi connectivity index (χ0) is 13.8. The third-order valence-electron chi connectivity index (χ3n) is 2.90. The molecular weight excluding hydrogens is 233 g/mol. The van der Waals surface area contributed by atoms with E-state index in [0.717, 1.165) is 12.0 Å². The van der Waals surface area contributed by atoms with Crippen molar-refractivity contribution in [3.63, 3.8) is 0 Å². The minimum Gasteiger partial charge on any atom is -0.468 e. The topological polar surface area (TPSA) is 38.3 Å². The number of methoxy groups -OCH3 is 1. The van der Waals surface area contributed by atoms with Crippen molar-refractivity contribution in [3.05, 3.63) is 35.1 Å². The SMILES string of the molecule is COC(=O)C(C)(C)NCCc1ccc(F)c(C)c1. The fraction of sp³-hybridized carbons (Fsp3) is 0.500. The second kappa shape index (κ2) is 5.96. The molecule has 1 rings (SSSR count). The minimum atomic E-state index is -0.705. The van der Waals surface area contributed by atoms with E-state index in [2.05, 4.69) is 5.32 Å². The Labute approximate surface area is 107 Å². The molecule has 0 saturated heterocycles. The molecule has 0 radical (unpaired) electrons. The van der Waals surface area contributed by atoms with Crippen LogP contribution in [0.2, 0.25) is 0 Å². The van der Waals surface area contributed by atoms with Crippen LogP contribution in [0.25, 0.3) is 0 Å². The van der Waals surface area contributed by atoms with Gasteiger partial charge in [0, 0.05) is 6.54 Å². The molecule has 0 bridgehead atoms. The fourth-order valence-corrected chi connectivity index (χ4v) is 1.71. The molecule has 100 valence electrons. The third kappa shape index (κ3) is 3.81. The molecule has 1 aromatic rings. The van der Waals surface area contributed by atoms with Crippen LogP contribution in [0.15, 0.2) is 18.2 Å². The van der Waals surface area contributed by atoms with Gasteiger partial charge >= 0.3 is 5.97 Å². The highest BCUT2D eigenvalue weighted by atomic mass is 19.1. The Morgan fingerprint density at radius 3 is 2.67 bits per heavy atom. The first-order valence-corrected chi connectivity index (χ1v) is 5.95. The Bertz CT molecular complexity index is 430. The molecule has 4 heteroatoms. The molecule has 0 spiro atoms. The van der Waals surface area contributed by atoms with Gasteiger partial charge in [-0.2, -0.15) is 0 Å². The number of nitrogens with one attached hydrogen (secondary N) is 1. The number of aryl methyl sites for hydroxylation is 1. The highest BCUT2D eigenvalue weighted by Gasteiger charge is 2.27. The molecule has 0 atom stereocenters. The van der Waals surface area contributed by atoms with Crippen LogP contribution in [0.4, 0.5) is 4.39 Å². The van der Waals surface area contributed by atoms with Gasteiger partial charge in [0.2, 0.25) is 0 Å². The van der Waals surface area contributed by atoms with Gasteiger partial charge in [-0.25, -0.2) is 4.39 Å². The molecule has 18 heavy (non-hydrogen) atoms. The number of carbonyl (C=O) groups excluding carboxylic acids is 1. The van der Waals surface area contributed by atoms with Crippen molar-refractivity contribution in [3.8, 4) is 0 Å². The lowest BCUT2D eigenvalue weighted by Gasteiger charge is -2.23. The van der Waals surface area contributed by atoms with Crippen molar-refractivity contribution in [2.24, 2.45) is 0 Å². The van der Waals surface area contributed by atoms with Gasteiger partial charge in [0.15, 0.2) is 0 Å². The molecule has 1 N–H and O–H groups in total. The highest BCUT2D eigenvalue weighted by Crippen LogP contribution is 2.10. The summed E-state index contributed by atoms with van der Waals surface area (Å²) in [5.41, 5.74) is 0.978. The molecule has 0 fully saturated rings. The molecule has 0 amide bonds. The lowest BCUT2D eigenvalue weighted by molar-refractivity contribution is -0.147. The molecule has 1 aromatic carbocycles. The van der Waals surface area contributed by atoms with E-state index in [-0.39, 0.29) is 11.8 Å². The number of rotatable bonds is 5. The van der Waals surface area contributed by atoms with Crippen LogP contribution in [0.5, 0.6) is 0 Å². The van der Waals surface area contributed by atoms with Crippen LogP contribution in [-0.2, 0) is 16.0 Å². The number of carbonyl (C=O) groups is 1. The maximum atomic E-state index is 13.1. The van der Waals surface area contributed by atoms with Gasteiger partial charge in [0.05, 0.1) is 7.11 Å². The maximum Gasteiger partial charge on any atom is 0.325 e. The number of halogens is 1. The van der Waals surface area contributed by atoms with Crippen molar-refractivity contribution in [1.29, 1.82) is 0 Å². The molecule has 0 aromatic heterocycles. The highest BCUT2D eigenvalue weighted by molar-refractivity contribution is 5.79. The Hall–Kier alpha value is -1.42. The molecule has 0 aliphatic heterocycles. The normalized spacial score (nSPS) is 11.4. The second-order valence-electron chi connectivity index (χ2n) is 4.88. The zero-order valence-electron chi connectivity index (χ0n) is 11.3.